The van der Waals surface area contributed by atoms with Crippen molar-refractivity contribution in [1.82, 2.24) is 9.78 Å². The van der Waals surface area contributed by atoms with E-state index in [2.05, 4.69) is 22.1 Å². The summed E-state index contributed by atoms with van der Waals surface area (Å²) in [6, 6.07) is 10.2. The summed E-state index contributed by atoms with van der Waals surface area (Å²) >= 11 is 6.15. The zero-order chi connectivity index (χ0) is 13.9. The second-order valence-electron chi connectivity index (χ2n) is 4.87. The van der Waals surface area contributed by atoms with Gasteiger partial charge in [0.15, 0.2) is 0 Å². The number of nitrogens with zero attached hydrogens (tertiary/aromatic N) is 3. The van der Waals surface area contributed by atoms with E-state index in [1.165, 1.54) is 0 Å². The molecule has 0 spiro atoms. The van der Waals surface area contributed by atoms with E-state index >= 15 is 0 Å². The Morgan fingerprint density at radius 2 is 1.90 bits per heavy atom. The number of halogens is 1. The standard InChI is InChI=1S/C15H18ClN3O/c1-12-14(11-16)15(18-7-9-20-10-8-18)19(17-12)13-5-3-2-4-6-13/h2-6H,7-11H2,1H3. The van der Waals surface area contributed by atoms with Gasteiger partial charge in [0, 0.05) is 18.7 Å². The molecule has 2 heterocycles. The predicted octanol–water partition coefficient (Wildman–Crippen LogP) is 2.76. The zero-order valence-electron chi connectivity index (χ0n) is 11.6. The number of benzene rings is 1. The minimum absolute atomic E-state index is 0.478. The molecular weight excluding hydrogens is 274 g/mol. The average Bonchev–Trinajstić information content (AvgIpc) is 2.85. The molecule has 0 bridgehead atoms. The lowest BCUT2D eigenvalue weighted by molar-refractivity contribution is 0.122. The van der Waals surface area contributed by atoms with Crippen molar-refractivity contribution in [3.63, 3.8) is 0 Å². The van der Waals surface area contributed by atoms with Crippen molar-refractivity contribution in [3.05, 3.63) is 41.6 Å². The minimum Gasteiger partial charge on any atom is -0.378 e. The Morgan fingerprint density at radius 1 is 1.20 bits per heavy atom. The Morgan fingerprint density at radius 3 is 2.55 bits per heavy atom. The van der Waals surface area contributed by atoms with Crippen LogP contribution in [0.4, 0.5) is 5.82 Å². The lowest BCUT2D eigenvalue weighted by Crippen LogP contribution is -2.38. The molecule has 1 aromatic heterocycles. The second-order valence-corrected chi connectivity index (χ2v) is 5.14. The fourth-order valence-corrected chi connectivity index (χ4v) is 2.87. The maximum Gasteiger partial charge on any atom is 0.137 e. The molecule has 0 atom stereocenters. The van der Waals surface area contributed by atoms with Crippen LogP contribution in [0.1, 0.15) is 11.3 Å². The highest BCUT2D eigenvalue weighted by atomic mass is 35.5. The first-order chi connectivity index (χ1) is 9.81. The van der Waals surface area contributed by atoms with Crippen molar-refractivity contribution >= 4 is 17.4 Å². The Balaban J connectivity index is 2.09. The Hall–Kier alpha value is -1.52. The highest BCUT2D eigenvalue weighted by Gasteiger charge is 2.22. The highest BCUT2D eigenvalue weighted by Crippen LogP contribution is 2.29. The molecule has 5 heteroatoms. The summed E-state index contributed by atoms with van der Waals surface area (Å²) in [5.41, 5.74) is 3.16. The molecule has 1 aromatic carbocycles. The number of para-hydroxylation sites is 1. The molecule has 20 heavy (non-hydrogen) atoms. The molecule has 2 aromatic rings. The van der Waals surface area contributed by atoms with E-state index in [9.17, 15) is 0 Å². The Kier molecular flexibility index (Phi) is 3.94. The molecule has 0 radical (unpaired) electrons. The number of anilines is 1. The van der Waals surface area contributed by atoms with Gasteiger partial charge in [0.2, 0.25) is 0 Å². The van der Waals surface area contributed by atoms with Crippen LogP contribution in [0.15, 0.2) is 30.3 Å². The number of ether oxygens (including phenoxy) is 1. The van der Waals surface area contributed by atoms with Crippen LogP contribution in [-0.4, -0.2) is 36.1 Å². The molecule has 1 aliphatic heterocycles. The van der Waals surface area contributed by atoms with Gasteiger partial charge in [-0.1, -0.05) is 18.2 Å². The van der Waals surface area contributed by atoms with Gasteiger partial charge in [-0.25, -0.2) is 4.68 Å². The first kappa shape index (κ1) is 13.5. The number of alkyl halides is 1. The first-order valence-electron chi connectivity index (χ1n) is 6.84. The third-order valence-electron chi connectivity index (χ3n) is 3.60. The van der Waals surface area contributed by atoms with Crippen LogP contribution in [0.2, 0.25) is 0 Å². The largest absolute Gasteiger partial charge is 0.378 e. The van der Waals surface area contributed by atoms with Crippen LogP contribution < -0.4 is 4.90 Å². The molecule has 0 amide bonds. The van der Waals surface area contributed by atoms with Crippen LogP contribution in [0, 0.1) is 6.92 Å². The van der Waals surface area contributed by atoms with E-state index in [1.54, 1.807) is 0 Å². The molecule has 3 rings (SSSR count). The summed E-state index contributed by atoms with van der Waals surface area (Å²) in [6.45, 7) is 5.27. The topological polar surface area (TPSA) is 30.3 Å². The van der Waals surface area contributed by atoms with Gasteiger partial charge in [0.25, 0.3) is 0 Å². The van der Waals surface area contributed by atoms with Crippen molar-refractivity contribution in [1.29, 1.82) is 0 Å². The molecular formula is C15H18ClN3O. The molecule has 4 nitrogen and oxygen atoms in total. The van der Waals surface area contributed by atoms with Crippen LogP contribution in [0.5, 0.6) is 0 Å². The van der Waals surface area contributed by atoms with Crippen molar-refractivity contribution in [2.75, 3.05) is 31.2 Å². The maximum atomic E-state index is 6.15. The predicted molar refractivity (Wildman–Crippen MR) is 80.9 cm³/mol. The molecule has 1 fully saturated rings. The molecule has 0 unspecified atom stereocenters. The van der Waals surface area contributed by atoms with E-state index in [1.807, 2.05) is 29.8 Å². The Bertz CT molecular complexity index is 576. The molecule has 106 valence electrons. The molecule has 0 aliphatic carbocycles. The molecule has 0 N–H and O–H groups in total. The summed E-state index contributed by atoms with van der Waals surface area (Å²) in [6.07, 6.45) is 0. The normalized spacial score (nSPS) is 15.6. The van der Waals surface area contributed by atoms with E-state index in [0.29, 0.717) is 5.88 Å². The van der Waals surface area contributed by atoms with Crippen molar-refractivity contribution in [2.45, 2.75) is 12.8 Å². The number of hydrogen-bond donors (Lipinski definition) is 0. The van der Waals surface area contributed by atoms with Crippen LogP contribution >= 0.6 is 11.6 Å². The van der Waals surface area contributed by atoms with Gasteiger partial charge in [0.1, 0.15) is 5.82 Å². The third kappa shape index (κ3) is 2.41. The minimum atomic E-state index is 0.478. The highest BCUT2D eigenvalue weighted by molar-refractivity contribution is 6.17. The summed E-state index contributed by atoms with van der Waals surface area (Å²) in [5.74, 6) is 1.58. The monoisotopic (exact) mass is 291 g/mol. The van der Waals surface area contributed by atoms with Gasteiger partial charge in [-0.3, -0.25) is 0 Å². The van der Waals surface area contributed by atoms with Gasteiger partial charge in [-0.2, -0.15) is 5.10 Å². The van der Waals surface area contributed by atoms with Gasteiger partial charge < -0.3 is 9.64 Å². The first-order valence-corrected chi connectivity index (χ1v) is 7.37. The van der Waals surface area contributed by atoms with Gasteiger partial charge >= 0.3 is 0 Å². The SMILES string of the molecule is Cc1nn(-c2ccccc2)c(N2CCOCC2)c1CCl. The van der Waals surface area contributed by atoms with E-state index in [0.717, 1.165) is 49.1 Å². The lowest BCUT2D eigenvalue weighted by atomic mass is 10.2. The number of aromatic nitrogens is 2. The van der Waals surface area contributed by atoms with Crippen LogP contribution in [-0.2, 0) is 10.6 Å². The number of aryl methyl sites for hydroxylation is 1. The summed E-state index contributed by atoms with van der Waals surface area (Å²) in [7, 11) is 0. The van der Waals surface area contributed by atoms with Gasteiger partial charge in [-0.15, -0.1) is 11.6 Å². The fraction of sp³-hybridized carbons (Fsp3) is 0.400. The van der Waals surface area contributed by atoms with E-state index in [4.69, 9.17) is 16.3 Å². The fourth-order valence-electron chi connectivity index (χ4n) is 2.55. The van der Waals surface area contributed by atoms with E-state index in [-0.39, 0.29) is 0 Å². The maximum absolute atomic E-state index is 6.15. The van der Waals surface area contributed by atoms with Crippen molar-refractivity contribution in [3.8, 4) is 5.69 Å². The number of morpholine rings is 1. The summed E-state index contributed by atoms with van der Waals surface area (Å²) in [5, 5.41) is 4.68. The van der Waals surface area contributed by atoms with Gasteiger partial charge in [-0.05, 0) is 19.1 Å². The molecule has 1 aliphatic rings. The van der Waals surface area contributed by atoms with Crippen LogP contribution in [0.3, 0.4) is 0 Å². The van der Waals surface area contributed by atoms with Crippen molar-refractivity contribution < 1.29 is 4.74 Å². The average molecular weight is 292 g/mol. The molecule has 0 saturated carbocycles. The third-order valence-corrected chi connectivity index (χ3v) is 3.87. The lowest BCUT2D eigenvalue weighted by Gasteiger charge is -2.30. The Labute approximate surface area is 123 Å². The summed E-state index contributed by atoms with van der Waals surface area (Å²) in [4.78, 5) is 2.31. The smallest absolute Gasteiger partial charge is 0.137 e. The molecule has 1 saturated heterocycles. The quantitative estimate of drug-likeness (QED) is 0.815. The van der Waals surface area contributed by atoms with Crippen molar-refractivity contribution in [2.24, 2.45) is 0 Å². The van der Waals surface area contributed by atoms with E-state index < -0.39 is 0 Å². The number of rotatable bonds is 3. The summed E-state index contributed by atoms with van der Waals surface area (Å²) < 4.78 is 7.44. The zero-order valence-corrected chi connectivity index (χ0v) is 12.3. The second kappa shape index (κ2) is 5.85. The van der Waals surface area contributed by atoms with Crippen LogP contribution in [0.25, 0.3) is 5.69 Å². The number of hydrogen-bond acceptors (Lipinski definition) is 3. The van der Waals surface area contributed by atoms with Gasteiger partial charge in [0.05, 0.1) is 30.5 Å².